The minimum absolute atomic E-state index is 0.0495. The molecule has 0 radical (unpaired) electrons. The molecule has 0 amide bonds. The molecule has 6 heteroatoms. The molecule has 1 aromatic heterocycles. The first-order valence-electron chi connectivity index (χ1n) is 9.20. The number of fused-ring (bicyclic) bond motifs is 1. The number of likely N-dealkylation sites (N-methyl/N-ethyl adjacent to an activating group) is 1. The van der Waals surface area contributed by atoms with Crippen molar-refractivity contribution < 1.29 is 4.39 Å². The molecule has 140 valence electrons. The van der Waals surface area contributed by atoms with Crippen molar-refractivity contribution >= 4 is 22.2 Å². The van der Waals surface area contributed by atoms with Crippen LogP contribution in [0.4, 0.5) is 10.1 Å². The summed E-state index contributed by atoms with van der Waals surface area (Å²) in [5, 5.41) is 21.5. The lowest BCUT2D eigenvalue weighted by atomic mass is 9.98. The predicted octanol–water partition coefficient (Wildman–Crippen LogP) is 3.97. The van der Waals surface area contributed by atoms with Crippen molar-refractivity contribution in [3.63, 3.8) is 0 Å². The molecule has 0 fully saturated rings. The molecule has 3 aromatic rings. The summed E-state index contributed by atoms with van der Waals surface area (Å²) < 4.78 is 14.3. The Morgan fingerprint density at radius 1 is 1.29 bits per heavy atom. The molecule has 0 bridgehead atoms. The molecule has 2 heterocycles. The summed E-state index contributed by atoms with van der Waals surface area (Å²) in [5.74, 6) is -0.485. The van der Waals surface area contributed by atoms with Gasteiger partial charge in [0.15, 0.2) is 0 Å². The summed E-state index contributed by atoms with van der Waals surface area (Å²) in [6.45, 7) is 2.25. The largest absolute Gasteiger partial charge is 0.379 e. The molecule has 0 aliphatic carbocycles. The van der Waals surface area contributed by atoms with Gasteiger partial charge in [0, 0.05) is 30.6 Å². The quantitative estimate of drug-likeness (QED) is 0.750. The van der Waals surface area contributed by atoms with E-state index in [0.29, 0.717) is 5.56 Å². The summed E-state index contributed by atoms with van der Waals surface area (Å²) in [4.78, 5) is 2.28. The summed E-state index contributed by atoms with van der Waals surface area (Å²) in [7, 11) is 2.12. The van der Waals surface area contributed by atoms with Gasteiger partial charge in [-0.2, -0.15) is 15.5 Å². The van der Waals surface area contributed by atoms with Crippen LogP contribution >= 0.6 is 0 Å². The third-order valence-electron chi connectivity index (χ3n) is 5.09. The molecule has 0 unspecified atom stereocenters. The van der Waals surface area contributed by atoms with Crippen LogP contribution < -0.4 is 5.32 Å². The summed E-state index contributed by atoms with van der Waals surface area (Å²) in [6.07, 6.45) is 4.92. The fraction of sp³-hybridized carbons (Fsp3) is 0.227. The number of aromatic nitrogens is 2. The zero-order chi connectivity index (χ0) is 19.5. The average molecular weight is 373 g/mol. The molecule has 1 N–H and O–H groups in total. The number of halogens is 1. The Bertz CT molecular complexity index is 1100. The van der Waals surface area contributed by atoms with E-state index in [1.807, 2.05) is 12.1 Å². The Morgan fingerprint density at radius 2 is 2.18 bits per heavy atom. The van der Waals surface area contributed by atoms with Crippen LogP contribution in [0.2, 0.25) is 0 Å². The molecule has 0 spiro atoms. The van der Waals surface area contributed by atoms with E-state index in [9.17, 15) is 4.39 Å². The summed E-state index contributed by atoms with van der Waals surface area (Å²) >= 11 is 0. The van der Waals surface area contributed by atoms with E-state index in [0.717, 1.165) is 36.1 Å². The smallest absolute Gasteiger partial charge is 0.145 e. The first-order chi connectivity index (χ1) is 13.7. The van der Waals surface area contributed by atoms with Gasteiger partial charge in [0.05, 0.1) is 23.0 Å². The number of rotatable bonds is 4. The van der Waals surface area contributed by atoms with Gasteiger partial charge in [-0.1, -0.05) is 24.3 Å². The fourth-order valence-electron chi connectivity index (χ4n) is 3.42. The Labute approximate surface area is 163 Å². The van der Waals surface area contributed by atoms with E-state index in [2.05, 4.69) is 45.7 Å². The monoisotopic (exact) mass is 373 g/mol. The Balaban J connectivity index is 1.64. The zero-order valence-corrected chi connectivity index (χ0v) is 15.6. The number of hydrogen-bond donors (Lipinski definition) is 1. The second-order valence-corrected chi connectivity index (χ2v) is 6.98. The van der Waals surface area contributed by atoms with Gasteiger partial charge in [0.25, 0.3) is 0 Å². The molecule has 1 aliphatic heterocycles. The van der Waals surface area contributed by atoms with Gasteiger partial charge < -0.3 is 10.2 Å². The van der Waals surface area contributed by atoms with Crippen LogP contribution in [-0.4, -0.2) is 35.2 Å². The second-order valence-electron chi connectivity index (χ2n) is 6.98. The van der Waals surface area contributed by atoms with Crippen LogP contribution in [-0.2, 0) is 6.54 Å². The van der Waals surface area contributed by atoms with Crippen molar-refractivity contribution in [2.45, 2.75) is 13.0 Å². The standard InChI is InChI=1S/C22H20FN5/c1-28-9-7-15(8-10-28)16-5-6-20-19(11-16)21(14-26-27-20)25-13-18-4-2-3-17(12-24)22(18)23/h2-7,11,14H,8-10,13H2,1H3,(H,25,27). The van der Waals surface area contributed by atoms with Crippen LogP contribution in [0, 0.1) is 17.1 Å². The number of nitrogens with zero attached hydrogens (tertiary/aromatic N) is 4. The normalized spacial score (nSPS) is 14.5. The molecule has 4 rings (SSSR count). The fourth-order valence-corrected chi connectivity index (χ4v) is 3.42. The maximum atomic E-state index is 14.3. The van der Waals surface area contributed by atoms with Gasteiger partial charge in [-0.25, -0.2) is 4.39 Å². The van der Waals surface area contributed by atoms with Gasteiger partial charge >= 0.3 is 0 Å². The van der Waals surface area contributed by atoms with E-state index in [1.165, 1.54) is 17.2 Å². The van der Waals surface area contributed by atoms with E-state index in [4.69, 9.17) is 5.26 Å². The SMILES string of the molecule is CN1CC=C(c2ccc3nncc(NCc4cccc(C#N)c4F)c3c2)CC1. The lowest BCUT2D eigenvalue weighted by Crippen LogP contribution is -2.23. The molecular formula is C22H20FN5. The molecule has 0 saturated carbocycles. The number of nitrogens with one attached hydrogen (secondary N) is 1. The van der Waals surface area contributed by atoms with Crippen LogP contribution in [0.25, 0.3) is 16.5 Å². The molecule has 1 aliphatic rings. The highest BCUT2D eigenvalue weighted by atomic mass is 19.1. The van der Waals surface area contributed by atoms with Crippen LogP contribution in [0.5, 0.6) is 0 Å². The highest BCUT2D eigenvalue weighted by Crippen LogP contribution is 2.28. The number of anilines is 1. The van der Waals surface area contributed by atoms with Crippen molar-refractivity contribution in [2.75, 3.05) is 25.5 Å². The lowest BCUT2D eigenvalue weighted by molar-refractivity contribution is 0.370. The van der Waals surface area contributed by atoms with Crippen molar-refractivity contribution in [1.82, 2.24) is 15.1 Å². The number of hydrogen-bond acceptors (Lipinski definition) is 5. The van der Waals surface area contributed by atoms with Crippen molar-refractivity contribution in [3.8, 4) is 6.07 Å². The average Bonchev–Trinajstić information content (AvgIpc) is 2.73. The minimum atomic E-state index is -0.485. The topological polar surface area (TPSA) is 64.8 Å². The van der Waals surface area contributed by atoms with E-state index >= 15 is 0 Å². The molecule has 0 saturated heterocycles. The first-order valence-corrected chi connectivity index (χ1v) is 9.20. The van der Waals surface area contributed by atoms with Gasteiger partial charge in [-0.05, 0) is 42.8 Å². The van der Waals surface area contributed by atoms with Crippen LogP contribution in [0.1, 0.15) is 23.1 Å². The van der Waals surface area contributed by atoms with E-state index in [1.54, 1.807) is 18.3 Å². The van der Waals surface area contributed by atoms with E-state index in [-0.39, 0.29) is 12.1 Å². The number of nitriles is 1. The van der Waals surface area contributed by atoms with Crippen LogP contribution in [0.15, 0.2) is 48.7 Å². The predicted molar refractivity (Wildman–Crippen MR) is 108 cm³/mol. The van der Waals surface area contributed by atoms with Gasteiger partial charge in [-0.15, -0.1) is 0 Å². The van der Waals surface area contributed by atoms with Gasteiger partial charge in [0.2, 0.25) is 0 Å². The molecule has 28 heavy (non-hydrogen) atoms. The molecule has 0 atom stereocenters. The highest BCUT2D eigenvalue weighted by Gasteiger charge is 2.12. The van der Waals surface area contributed by atoms with Crippen molar-refractivity contribution in [3.05, 3.63) is 71.2 Å². The lowest BCUT2D eigenvalue weighted by Gasteiger charge is -2.22. The molecule has 5 nitrogen and oxygen atoms in total. The molecular weight excluding hydrogens is 353 g/mol. The maximum absolute atomic E-state index is 14.3. The van der Waals surface area contributed by atoms with Crippen molar-refractivity contribution in [2.24, 2.45) is 0 Å². The van der Waals surface area contributed by atoms with Crippen molar-refractivity contribution in [1.29, 1.82) is 5.26 Å². The Morgan fingerprint density at radius 3 is 2.96 bits per heavy atom. The van der Waals surface area contributed by atoms with Gasteiger partial charge in [-0.3, -0.25) is 0 Å². The Hall–Kier alpha value is -3.30. The molecule has 2 aromatic carbocycles. The Kier molecular flexibility index (Phi) is 5.00. The highest BCUT2D eigenvalue weighted by molar-refractivity contribution is 5.92. The number of benzene rings is 2. The second kappa shape index (κ2) is 7.75. The maximum Gasteiger partial charge on any atom is 0.145 e. The summed E-state index contributed by atoms with van der Waals surface area (Å²) in [6, 6.07) is 12.9. The van der Waals surface area contributed by atoms with Crippen LogP contribution in [0.3, 0.4) is 0 Å². The zero-order valence-electron chi connectivity index (χ0n) is 15.6. The third-order valence-corrected chi connectivity index (χ3v) is 5.09. The van der Waals surface area contributed by atoms with Gasteiger partial charge in [0.1, 0.15) is 11.9 Å². The van der Waals surface area contributed by atoms with E-state index < -0.39 is 5.82 Å². The minimum Gasteiger partial charge on any atom is -0.379 e. The summed E-state index contributed by atoms with van der Waals surface area (Å²) in [5.41, 5.74) is 4.58. The third kappa shape index (κ3) is 3.57. The first kappa shape index (κ1) is 18.1.